The Morgan fingerprint density at radius 1 is 0.675 bits per heavy atom. The summed E-state index contributed by atoms with van der Waals surface area (Å²) in [7, 11) is 2.31. The van der Waals surface area contributed by atoms with Crippen LogP contribution in [0.1, 0.15) is 110 Å². The largest absolute Gasteiger partial charge is 0.594 e. The second-order valence-corrected chi connectivity index (χ2v) is 27.1. The van der Waals surface area contributed by atoms with Crippen LogP contribution in [0.3, 0.4) is 0 Å². The fraction of sp³-hybridized carbons (Fsp3) is 0.583. The highest BCUT2D eigenvalue weighted by Gasteiger charge is 2.36. The van der Waals surface area contributed by atoms with Crippen molar-refractivity contribution in [2.24, 2.45) is 32.8 Å². The molecule has 5 heterocycles. The Morgan fingerprint density at radius 3 is 1.45 bits per heavy atom. The van der Waals surface area contributed by atoms with Crippen molar-refractivity contribution < 1.29 is 59.1 Å². The molecule has 2 saturated heterocycles. The number of anilines is 3. The van der Waals surface area contributed by atoms with Crippen LogP contribution in [-0.2, 0) is 34.5 Å². The Kier molecular flexibility index (Phi) is 25.1. The number of hydrogen-bond donors (Lipinski definition) is 2. The Balaban J connectivity index is 0.000000338. The van der Waals surface area contributed by atoms with E-state index in [1.54, 1.807) is 88.3 Å². The summed E-state index contributed by atoms with van der Waals surface area (Å²) in [6.45, 7) is 23.5. The van der Waals surface area contributed by atoms with Gasteiger partial charge in [0.2, 0.25) is 10.0 Å². The highest BCUT2D eigenvalue weighted by atomic mass is 32.2. The summed E-state index contributed by atoms with van der Waals surface area (Å²) in [4.78, 5) is 27.6. The van der Waals surface area contributed by atoms with Crippen molar-refractivity contribution in [3.8, 4) is 23.0 Å². The molecule has 0 amide bonds. The van der Waals surface area contributed by atoms with E-state index in [0.29, 0.717) is 29.1 Å². The van der Waals surface area contributed by atoms with Gasteiger partial charge in [0.05, 0.1) is 39.5 Å². The van der Waals surface area contributed by atoms with Gasteiger partial charge < -0.3 is 54.0 Å². The molecule has 0 unspecified atom stereocenters. The molecule has 5 aromatic rings. The van der Waals surface area contributed by atoms with E-state index >= 15 is 0 Å². The molecule has 83 heavy (non-hydrogen) atoms. The van der Waals surface area contributed by atoms with Crippen LogP contribution in [0.4, 0.5) is 17.1 Å². The zero-order chi connectivity index (χ0) is 60.3. The zero-order valence-electron chi connectivity index (χ0n) is 50.3. The number of nitrogens with two attached hydrogens (primary N) is 1. The van der Waals surface area contributed by atoms with E-state index in [9.17, 15) is 26.7 Å². The number of rotatable bonds is 17. The van der Waals surface area contributed by atoms with Crippen LogP contribution in [0.15, 0.2) is 77.7 Å². The van der Waals surface area contributed by atoms with Gasteiger partial charge in [0.25, 0.3) is 0 Å². The smallest absolute Gasteiger partial charge is 0.493 e. The fourth-order valence-corrected chi connectivity index (χ4v) is 11.5. The van der Waals surface area contributed by atoms with Gasteiger partial charge in [0, 0.05) is 117 Å². The van der Waals surface area contributed by atoms with E-state index < -0.39 is 49.2 Å². The number of ether oxygens (including phenoxy) is 6. The minimum absolute atomic E-state index is 0. The van der Waals surface area contributed by atoms with E-state index in [1.807, 2.05) is 55.5 Å². The molecule has 0 atom stereocenters. The van der Waals surface area contributed by atoms with E-state index in [1.165, 1.54) is 30.9 Å². The molecule has 2 fully saturated rings. The number of nitrogens with zero attached hydrogens (tertiary/aromatic N) is 7. The first-order chi connectivity index (χ1) is 37.7. The van der Waals surface area contributed by atoms with E-state index in [4.69, 9.17) is 34.2 Å². The normalized spacial score (nSPS) is 14.9. The average Bonchev–Trinajstić information content (AvgIpc) is 3.40. The summed E-state index contributed by atoms with van der Waals surface area (Å²) in [5, 5.41) is 13.5. The summed E-state index contributed by atoms with van der Waals surface area (Å²) in [6.07, 6.45) is 9.34. The predicted octanol–water partition coefficient (Wildman–Crippen LogP) is 8.15. The van der Waals surface area contributed by atoms with E-state index in [2.05, 4.69) is 62.6 Å². The number of carbonyl (C=O) groups is 1. The SMILES string of the molecule is C.C.CN(C)c1cc[n+](S(=O)(=O)N=C([O-])OC(C)(C)C)cc1.COc1cc2nccc(N3CCC(C(C)(C)CN)CC3)c2cc1OC.COc1cc2nccc(N3CCC(C(C)(C)CNS(=O)(=O)CC(=O)OC(C)(C)C)CC3)c2cc1OC. The highest BCUT2D eigenvalue weighted by Crippen LogP contribution is 2.41. The Labute approximate surface area is 495 Å². The van der Waals surface area contributed by atoms with E-state index in [0.717, 1.165) is 88.5 Å². The number of carbonyl (C=O) groups excluding carboxylic acids is 1. The van der Waals surface area contributed by atoms with Gasteiger partial charge in [-0.15, -0.1) is 8.42 Å². The molecule has 0 spiro atoms. The number of hydrogen-bond acceptors (Lipinski definition) is 18. The molecule has 464 valence electrons. The van der Waals surface area contributed by atoms with Crippen molar-refractivity contribution in [3.63, 3.8) is 0 Å². The van der Waals surface area contributed by atoms with Gasteiger partial charge in [0.1, 0.15) is 5.60 Å². The van der Waals surface area contributed by atoms with Crippen LogP contribution >= 0.6 is 0 Å². The first kappa shape index (κ1) is 70.8. The molecule has 0 bridgehead atoms. The third-order valence-electron chi connectivity index (χ3n) is 14.5. The highest BCUT2D eigenvalue weighted by molar-refractivity contribution is 7.90. The molecule has 23 heteroatoms. The molecule has 0 aliphatic carbocycles. The molecule has 0 radical (unpaired) electrons. The molecule has 7 rings (SSSR count). The number of nitrogens with one attached hydrogen (secondary N) is 1. The topological polar surface area (TPSA) is 254 Å². The zero-order valence-corrected chi connectivity index (χ0v) is 51.9. The maximum Gasteiger partial charge on any atom is 0.493 e. The Bertz CT molecular complexity index is 3160. The Morgan fingerprint density at radius 2 is 1.07 bits per heavy atom. The predicted molar refractivity (Wildman–Crippen MR) is 331 cm³/mol. The van der Waals surface area contributed by atoms with Crippen molar-refractivity contribution >= 4 is 71.2 Å². The minimum atomic E-state index is -4.13. The average molecular weight is 1200 g/mol. The van der Waals surface area contributed by atoms with Crippen molar-refractivity contribution in [1.29, 1.82) is 0 Å². The second kappa shape index (κ2) is 29.4. The fourth-order valence-electron chi connectivity index (χ4n) is 9.73. The molecule has 2 aliphatic rings. The maximum atomic E-state index is 12.5. The first-order valence-corrected chi connectivity index (χ1v) is 30.1. The van der Waals surface area contributed by atoms with Crippen molar-refractivity contribution in [1.82, 2.24) is 14.7 Å². The third kappa shape index (κ3) is 19.8. The summed E-state index contributed by atoms with van der Waals surface area (Å²) in [5.41, 5.74) is 9.29. The van der Waals surface area contributed by atoms with Crippen LogP contribution in [0.2, 0.25) is 0 Å². The molecule has 21 nitrogen and oxygen atoms in total. The number of fused-ring (bicyclic) bond motifs is 2. The van der Waals surface area contributed by atoms with Gasteiger partial charge in [0.15, 0.2) is 47.2 Å². The van der Waals surface area contributed by atoms with Gasteiger partial charge in [-0.2, -0.15) is 0 Å². The van der Waals surface area contributed by atoms with Crippen LogP contribution in [0.5, 0.6) is 23.0 Å². The second-order valence-electron chi connectivity index (χ2n) is 23.8. The molecular weight excluding hydrogens is 1100 g/mol. The van der Waals surface area contributed by atoms with Gasteiger partial charge in [-0.05, 0) is 99.9 Å². The third-order valence-corrected chi connectivity index (χ3v) is 16.8. The van der Waals surface area contributed by atoms with Gasteiger partial charge >= 0.3 is 16.2 Å². The van der Waals surface area contributed by atoms with Crippen molar-refractivity contribution in [3.05, 3.63) is 73.3 Å². The molecule has 2 aliphatic heterocycles. The van der Waals surface area contributed by atoms with Gasteiger partial charge in [-0.3, -0.25) is 14.8 Å². The summed E-state index contributed by atoms with van der Waals surface area (Å²) in [6, 6.07) is 15.1. The number of sulfonamides is 1. The standard InChI is InChI=1S/C26H39N3O6S.C20H29N3O2.C12H19N3O4S.2CH4/c1-25(2,3)35-24(30)16-36(31,32)28-17-26(4,5)18-9-12-29(13-10-18)21-8-11-27-20-15-23(34-7)22(33-6)14-19(20)21;1-20(2,13-21)14-6-9-23(10-7-14)17-5-8-22-16-12-19(25-4)18(24-3)11-15(16)17;1-12(2,3)19-11(16)13-20(17,18)15-8-6-10(7-9-15)14(4)5;;/h8,11,14-15,18,28H,9-10,12-13,16-17H2,1-7H3;5,8,11-12,14H,6-7,9-10,13,21H2,1-4H3;6-9H,1-5H3;2*1H4. The molecule has 0 saturated carbocycles. The summed E-state index contributed by atoms with van der Waals surface area (Å²) < 4.78 is 87.1. The van der Waals surface area contributed by atoms with E-state index in [-0.39, 0.29) is 32.2 Å². The lowest BCUT2D eigenvalue weighted by Crippen LogP contribution is -2.45. The van der Waals surface area contributed by atoms with Gasteiger partial charge in [-0.1, -0.05) is 71.7 Å². The van der Waals surface area contributed by atoms with Crippen molar-refractivity contribution in [2.45, 2.75) is 121 Å². The van der Waals surface area contributed by atoms with Crippen molar-refractivity contribution in [2.75, 3.05) is 102 Å². The number of aromatic nitrogens is 3. The number of benzene rings is 2. The van der Waals surface area contributed by atoms with Gasteiger partial charge in [-0.25, -0.2) is 13.1 Å². The number of methoxy groups -OCH3 is 4. The number of esters is 1. The molecular formula is C60H95N9O12S2. The van der Waals surface area contributed by atoms with Crippen LogP contribution in [0.25, 0.3) is 21.8 Å². The molecule has 2 aromatic carbocycles. The lowest BCUT2D eigenvalue weighted by atomic mass is 9.73. The van der Waals surface area contributed by atoms with Crippen LogP contribution in [0, 0.1) is 22.7 Å². The minimum Gasteiger partial charge on any atom is -0.594 e. The quantitative estimate of drug-likeness (QED) is 0.0385. The molecule has 3 N–H and O–H groups in total. The summed E-state index contributed by atoms with van der Waals surface area (Å²) >= 11 is 0. The first-order valence-electron chi connectivity index (χ1n) is 27.1. The summed E-state index contributed by atoms with van der Waals surface area (Å²) in [5.74, 6) is 2.32. The lowest BCUT2D eigenvalue weighted by molar-refractivity contribution is -0.511. The van der Waals surface area contributed by atoms with Crippen LogP contribution < -0.4 is 53.2 Å². The lowest BCUT2D eigenvalue weighted by Gasteiger charge is -2.41. The monoisotopic (exact) mass is 1200 g/mol. The Hall–Kier alpha value is -6.43. The number of pyridine rings is 3. The number of piperidine rings is 2. The van der Waals surface area contributed by atoms with Crippen LogP contribution in [-0.4, -0.2) is 138 Å². The molecule has 3 aromatic heterocycles. The maximum absolute atomic E-state index is 12.5.